The van der Waals surface area contributed by atoms with Crippen LogP contribution in [0.2, 0.25) is 0 Å². The van der Waals surface area contributed by atoms with Crippen molar-refractivity contribution in [3.63, 3.8) is 0 Å². The molecule has 0 saturated heterocycles. The zero-order chi connectivity index (χ0) is 9.35. The minimum atomic E-state index is -4.23. The Hall–Kier alpha value is -0.450. The van der Waals surface area contributed by atoms with Gasteiger partial charge in [-0.2, -0.15) is 0 Å². The molecule has 0 bridgehead atoms. The lowest BCUT2D eigenvalue weighted by Crippen LogP contribution is -2.06. The number of anilines is 2. The lowest BCUT2D eigenvalue weighted by atomic mass is 10.3. The van der Waals surface area contributed by atoms with E-state index in [2.05, 4.69) is 0 Å². The zero-order valence-corrected chi connectivity index (χ0v) is 9.48. The molecule has 0 spiro atoms. The fourth-order valence-corrected chi connectivity index (χ4v) is 1.46. The van der Waals surface area contributed by atoms with Crippen molar-refractivity contribution in [1.29, 1.82) is 0 Å². The third kappa shape index (κ3) is 4.17. The molecule has 0 radical (unpaired) electrons. The van der Waals surface area contributed by atoms with Crippen molar-refractivity contribution < 1.29 is 14.4 Å². The second kappa shape index (κ2) is 5.44. The molecule has 1 rings (SSSR count). The minimum absolute atomic E-state index is 0. The van der Waals surface area contributed by atoms with Crippen LogP contribution in [0.25, 0.3) is 0 Å². The van der Waals surface area contributed by atoms with Crippen molar-refractivity contribution in [2.45, 2.75) is 0 Å². The number of rotatable bonds is 1. The van der Waals surface area contributed by atoms with Crippen LogP contribution in [0.4, 0.5) is 11.4 Å². The molecular formula is C6H11Cl2N2O3P. The van der Waals surface area contributed by atoms with Crippen LogP contribution in [0.3, 0.4) is 0 Å². The number of halogens is 2. The molecule has 14 heavy (non-hydrogen) atoms. The van der Waals surface area contributed by atoms with Gasteiger partial charge in [0, 0.05) is 11.4 Å². The standard InChI is InChI=1S/C6H9N2O3P.2ClH/c7-4-1-5(8)3-6(2-4)12(9,10)11;;/h1-3H,7-8H2,(H2,9,10,11);2*1H. The van der Waals surface area contributed by atoms with E-state index >= 15 is 0 Å². The molecule has 6 N–H and O–H groups in total. The van der Waals surface area contributed by atoms with Crippen LogP contribution in [-0.4, -0.2) is 9.79 Å². The summed E-state index contributed by atoms with van der Waals surface area (Å²) in [5, 5.41) is -0.153. The van der Waals surface area contributed by atoms with Crippen molar-refractivity contribution in [3.8, 4) is 0 Å². The Morgan fingerprint density at radius 1 is 1.00 bits per heavy atom. The van der Waals surface area contributed by atoms with Gasteiger partial charge in [0.2, 0.25) is 0 Å². The van der Waals surface area contributed by atoms with Crippen molar-refractivity contribution in [2.24, 2.45) is 0 Å². The van der Waals surface area contributed by atoms with Crippen molar-refractivity contribution in [1.82, 2.24) is 0 Å². The second-order valence-electron chi connectivity index (χ2n) is 2.40. The Morgan fingerprint density at radius 3 is 1.64 bits per heavy atom. The quantitative estimate of drug-likeness (QED) is 0.434. The van der Waals surface area contributed by atoms with E-state index in [9.17, 15) is 4.57 Å². The van der Waals surface area contributed by atoms with Gasteiger partial charge in [0.1, 0.15) is 0 Å². The summed E-state index contributed by atoms with van der Waals surface area (Å²) >= 11 is 0. The predicted octanol–water partition coefficient (Wildman–Crippen LogP) is 0.498. The molecule has 0 unspecified atom stereocenters. The average molecular weight is 261 g/mol. The van der Waals surface area contributed by atoms with Gasteiger partial charge in [-0.3, -0.25) is 4.57 Å². The first-order valence-electron chi connectivity index (χ1n) is 3.12. The van der Waals surface area contributed by atoms with Crippen LogP contribution >= 0.6 is 32.4 Å². The molecule has 1 aromatic carbocycles. The smallest absolute Gasteiger partial charge is 0.356 e. The van der Waals surface area contributed by atoms with E-state index in [0.717, 1.165) is 0 Å². The molecule has 0 heterocycles. The number of hydrogen-bond donors (Lipinski definition) is 4. The second-order valence-corrected chi connectivity index (χ2v) is 4.01. The van der Waals surface area contributed by atoms with Gasteiger partial charge >= 0.3 is 7.60 Å². The molecule has 5 nitrogen and oxygen atoms in total. The first-order chi connectivity index (χ1) is 5.39. The Balaban J connectivity index is 0. The predicted molar refractivity (Wildman–Crippen MR) is 61.4 cm³/mol. The fraction of sp³-hybridized carbons (Fsp3) is 0. The molecule has 0 aliphatic heterocycles. The summed E-state index contributed by atoms with van der Waals surface area (Å²) in [6.07, 6.45) is 0. The van der Waals surface area contributed by atoms with Crippen LogP contribution in [0.5, 0.6) is 0 Å². The maximum absolute atomic E-state index is 10.7. The first kappa shape index (κ1) is 16.0. The highest BCUT2D eigenvalue weighted by molar-refractivity contribution is 7.60. The Kier molecular flexibility index (Phi) is 6.21. The first-order valence-corrected chi connectivity index (χ1v) is 4.73. The van der Waals surface area contributed by atoms with Gasteiger partial charge in [0.05, 0.1) is 5.30 Å². The molecule has 1 aromatic rings. The molecule has 0 saturated carbocycles. The normalized spacial score (nSPS) is 9.86. The molecule has 0 fully saturated rings. The summed E-state index contributed by atoms with van der Waals surface area (Å²) in [6.45, 7) is 0. The number of hydrogen-bond acceptors (Lipinski definition) is 3. The molecule has 0 amide bonds. The maximum Gasteiger partial charge on any atom is 0.356 e. The zero-order valence-electron chi connectivity index (χ0n) is 6.95. The SMILES string of the molecule is Cl.Cl.Nc1cc(N)cc(P(=O)(O)O)c1. The molecule has 0 atom stereocenters. The van der Waals surface area contributed by atoms with Crippen LogP contribution < -0.4 is 16.8 Å². The summed E-state index contributed by atoms with van der Waals surface area (Å²) in [5.74, 6) is 0. The largest absolute Gasteiger partial charge is 0.399 e. The highest BCUT2D eigenvalue weighted by Crippen LogP contribution is 2.34. The average Bonchev–Trinajstić information content (AvgIpc) is 1.82. The third-order valence-electron chi connectivity index (χ3n) is 1.30. The highest BCUT2D eigenvalue weighted by atomic mass is 35.5. The molecule has 8 heteroatoms. The Bertz CT molecular complexity index is 335. The lowest BCUT2D eigenvalue weighted by Gasteiger charge is -2.05. The Labute approximate surface area is 93.5 Å². The molecule has 0 aromatic heterocycles. The van der Waals surface area contributed by atoms with Gasteiger partial charge in [-0.15, -0.1) is 24.8 Å². The van der Waals surface area contributed by atoms with Crippen LogP contribution in [0.15, 0.2) is 18.2 Å². The summed E-state index contributed by atoms with van der Waals surface area (Å²) in [7, 11) is -4.23. The number of nitrogens with two attached hydrogens (primary N) is 2. The van der Waals surface area contributed by atoms with Gasteiger partial charge in [0.25, 0.3) is 0 Å². The molecule has 0 aliphatic rings. The third-order valence-corrected chi connectivity index (χ3v) is 2.23. The molecular weight excluding hydrogens is 250 g/mol. The van der Waals surface area contributed by atoms with Crippen molar-refractivity contribution in [3.05, 3.63) is 18.2 Å². The van der Waals surface area contributed by atoms with E-state index in [0.29, 0.717) is 0 Å². The van der Waals surface area contributed by atoms with Crippen LogP contribution in [-0.2, 0) is 4.57 Å². The van der Waals surface area contributed by atoms with E-state index in [-0.39, 0.29) is 41.5 Å². The minimum Gasteiger partial charge on any atom is -0.399 e. The van der Waals surface area contributed by atoms with Crippen LogP contribution in [0, 0.1) is 0 Å². The topological polar surface area (TPSA) is 110 Å². The van der Waals surface area contributed by atoms with Gasteiger partial charge in [-0.05, 0) is 18.2 Å². The maximum atomic E-state index is 10.7. The number of nitrogen functional groups attached to an aromatic ring is 2. The van der Waals surface area contributed by atoms with Crippen LogP contribution in [0.1, 0.15) is 0 Å². The summed E-state index contributed by atoms with van der Waals surface area (Å²) in [4.78, 5) is 17.5. The van der Waals surface area contributed by atoms with E-state index in [1.54, 1.807) is 0 Å². The van der Waals surface area contributed by atoms with E-state index < -0.39 is 7.60 Å². The van der Waals surface area contributed by atoms with Gasteiger partial charge in [-0.1, -0.05) is 0 Å². The summed E-state index contributed by atoms with van der Waals surface area (Å²) in [5.41, 5.74) is 11.2. The lowest BCUT2D eigenvalue weighted by molar-refractivity contribution is 0.387. The van der Waals surface area contributed by atoms with E-state index in [1.807, 2.05) is 0 Å². The van der Waals surface area contributed by atoms with Gasteiger partial charge < -0.3 is 21.3 Å². The molecule has 82 valence electrons. The number of benzene rings is 1. The summed E-state index contributed by atoms with van der Waals surface area (Å²) in [6, 6.07) is 3.84. The Morgan fingerprint density at radius 2 is 1.36 bits per heavy atom. The summed E-state index contributed by atoms with van der Waals surface area (Å²) < 4.78 is 10.7. The fourth-order valence-electron chi connectivity index (χ4n) is 0.827. The monoisotopic (exact) mass is 260 g/mol. The van der Waals surface area contributed by atoms with E-state index in [1.165, 1.54) is 18.2 Å². The van der Waals surface area contributed by atoms with Crippen molar-refractivity contribution in [2.75, 3.05) is 11.5 Å². The van der Waals surface area contributed by atoms with Gasteiger partial charge in [0.15, 0.2) is 0 Å². The van der Waals surface area contributed by atoms with Crippen molar-refractivity contribution >= 4 is 49.1 Å². The highest BCUT2D eigenvalue weighted by Gasteiger charge is 2.17. The van der Waals surface area contributed by atoms with Gasteiger partial charge in [-0.25, -0.2) is 0 Å². The molecule has 0 aliphatic carbocycles. The van der Waals surface area contributed by atoms with E-state index in [4.69, 9.17) is 21.3 Å².